The van der Waals surface area contributed by atoms with Gasteiger partial charge in [-0.25, -0.2) is 13.1 Å². The van der Waals surface area contributed by atoms with Gasteiger partial charge in [0.1, 0.15) is 0 Å². The topological polar surface area (TPSA) is 154 Å². The predicted octanol–water partition coefficient (Wildman–Crippen LogP) is 3.93. The van der Waals surface area contributed by atoms with Crippen LogP contribution < -0.4 is 4.72 Å². The number of carbonyl (C=O) groups is 1. The van der Waals surface area contributed by atoms with Gasteiger partial charge < -0.3 is 0 Å². The molecule has 3 aromatic carbocycles. The number of hydrogen-bond donors (Lipinski definition) is 1. The summed E-state index contributed by atoms with van der Waals surface area (Å²) in [7, 11) is -3.82. The SMILES string of the molecule is Cc1ccc(S(=O)(=O)NCCC(=O)n2c3ccc([N+](=O)[O-])cc3c3cc([N+](=O)[O-])ccc32)cc1. The van der Waals surface area contributed by atoms with Crippen LogP contribution in [0.2, 0.25) is 0 Å². The molecule has 11 nitrogen and oxygen atoms in total. The molecule has 4 aromatic rings. The number of carbonyl (C=O) groups excluding carboxylic acids is 1. The monoisotopic (exact) mass is 482 g/mol. The van der Waals surface area contributed by atoms with Crippen molar-refractivity contribution < 1.29 is 23.1 Å². The molecular weight excluding hydrogens is 464 g/mol. The third-order valence-electron chi connectivity index (χ3n) is 5.37. The molecule has 12 heteroatoms. The molecule has 34 heavy (non-hydrogen) atoms. The Bertz CT molecular complexity index is 1500. The van der Waals surface area contributed by atoms with E-state index in [1.54, 1.807) is 12.1 Å². The number of fused-ring (bicyclic) bond motifs is 3. The summed E-state index contributed by atoms with van der Waals surface area (Å²) in [5.74, 6) is -0.477. The van der Waals surface area contributed by atoms with Crippen molar-refractivity contribution in [1.29, 1.82) is 0 Å². The summed E-state index contributed by atoms with van der Waals surface area (Å²) in [6.45, 7) is 1.65. The quantitative estimate of drug-likeness (QED) is 0.309. The van der Waals surface area contributed by atoms with Crippen molar-refractivity contribution in [3.05, 3.63) is 86.5 Å². The summed E-state index contributed by atoms with van der Waals surface area (Å²) in [6.07, 6.45) is -0.210. The van der Waals surface area contributed by atoms with Crippen LogP contribution in [0.15, 0.2) is 65.6 Å². The number of nitro groups is 2. The van der Waals surface area contributed by atoms with Gasteiger partial charge in [0.15, 0.2) is 0 Å². The van der Waals surface area contributed by atoms with Crippen molar-refractivity contribution in [2.24, 2.45) is 0 Å². The number of non-ortho nitro benzene ring substituents is 2. The maximum atomic E-state index is 13.1. The van der Waals surface area contributed by atoms with E-state index >= 15 is 0 Å². The first-order valence-corrected chi connectivity index (χ1v) is 11.5. The molecule has 0 aliphatic rings. The van der Waals surface area contributed by atoms with Crippen LogP contribution in [0.5, 0.6) is 0 Å². The van der Waals surface area contributed by atoms with Crippen LogP contribution in [-0.4, -0.2) is 35.3 Å². The van der Waals surface area contributed by atoms with Crippen LogP contribution in [0.3, 0.4) is 0 Å². The van der Waals surface area contributed by atoms with Gasteiger partial charge in [-0.1, -0.05) is 17.7 Å². The second kappa shape index (κ2) is 8.65. The number of nitrogens with one attached hydrogen (secondary N) is 1. The van der Waals surface area contributed by atoms with Gasteiger partial charge in [0.25, 0.3) is 11.4 Å². The molecule has 174 valence electrons. The van der Waals surface area contributed by atoms with E-state index in [1.807, 2.05) is 6.92 Å². The molecule has 0 aliphatic carbocycles. The molecule has 0 amide bonds. The summed E-state index contributed by atoms with van der Waals surface area (Å²) in [4.78, 5) is 34.4. The van der Waals surface area contributed by atoms with Gasteiger partial charge in [-0.3, -0.25) is 29.6 Å². The van der Waals surface area contributed by atoms with Crippen LogP contribution in [0.25, 0.3) is 21.8 Å². The van der Waals surface area contributed by atoms with Crippen LogP contribution in [0.1, 0.15) is 16.8 Å². The van der Waals surface area contributed by atoms with E-state index in [9.17, 15) is 33.4 Å². The largest absolute Gasteiger partial charge is 0.280 e. The second-order valence-electron chi connectivity index (χ2n) is 7.61. The van der Waals surface area contributed by atoms with Gasteiger partial charge in [0.2, 0.25) is 15.9 Å². The van der Waals surface area contributed by atoms with Crippen molar-refractivity contribution in [3.63, 3.8) is 0 Å². The fourth-order valence-electron chi connectivity index (χ4n) is 3.70. The van der Waals surface area contributed by atoms with E-state index in [0.717, 1.165) is 5.56 Å². The molecule has 0 radical (unpaired) electrons. The van der Waals surface area contributed by atoms with E-state index in [2.05, 4.69) is 4.72 Å². The molecule has 1 N–H and O–H groups in total. The number of nitrogens with zero attached hydrogens (tertiary/aromatic N) is 3. The highest BCUT2D eigenvalue weighted by Gasteiger charge is 2.21. The average Bonchev–Trinajstić information content (AvgIpc) is 3.12. The molecule has 0 saturated heterocycles. The highest BCUT2D eigenvalue weighted by molar-refractivity contribution is 7.89. The van der Waals surface area contributed by atoms with Crippen molar-refractivity contribution in [1.82, 2.24) is 9.29 Å². The third-order valence-corrected chi connectivity index (χ3v) is 6.84. The zero-order valence-electron chi connectivity index (χ0n) is 17.8. The highest BCUT2D eigenvalue weighted by atomic mass is 32.2. The third kappa shape index (κ3) is 4.23. The number of aryl methyl sites for hydroxylation is 1. The van der Waals surface area contributed by atoms with Gasteiger partial charge in [-0.2, -0.15) is 0 Å². The van der Waals surface area contributed by atoms with Crippen LogP contribution >= 0.6 is 0 Å². The molecule has 0 spiro atoms. The number of rotatable bonds is 7. The number of benzene rings is 3. The van der Waals surface area contributed by atoms with Crippen LogP contribution in [0, 0.1) is 27.2 Å². The Kier molecular flexibility index (Phi) is 5.85. The number of hydrogen-bond acceptors (Lipinski definition) is 7. The lowest BCUT2D eigenvalue weighted by molar-refractivity contribution is -0.385. The lowest BCUT2D eigenvalue weighted by Crippen LogP contribution is -2.27. The minimum Gasteiger partial charge on any atom is -0.280 e. The smallest absolute Gasteiger partial charge is 0.270 e. The number of nitro benzene ring substituents is 2. The molecule has 0 bridgehead atoms. The molecule has 1 aromatic heterocycles. The standard InChI is InChI=1S/C22H18N4O7S/c1-14-2-6-17(7-3-14)34(32,33)23-11-10-22(27)24-20-8-4-15(25(28)29)12-18(20)19-13-16(26(30)31)5-9-21(19)24/h2-9,12-13,23H,10-11H2,1H3. The summed E-state index contributed by atoms with van der Waals surface area (Å²) in [5.41, 5.74) is 1.11. The summed E-state index contributed by atoms with van der Waals surface area (Å²) in [5, 5.41) is 23.1. The predicted molar refractivity (Wildman–Crippen MR) is 124 cm³/mol. The Morgan fingerprint density at radius 3 is 1.85 bits per heavy atom. The van der Waals surface area contributed by atoms with E-state index in [-0.39, 0.29) is 29.2 Å². The molecule has 1 heterocycles. The zero-order valence-corrected chi connectivity index (χ0v) is 18.6. The summed E-state index contributed by atoms with van der Waals surface area (Å²) in [6, 6.07) is 14.0. The van der Waals surface area contributed by atoms with Crippen molar-refractivity contribution >= 4 is 49.1 Å². The minimum absolute atomic E-state index is 0.0713. The molecule has 0 fully saturated rings. The molecule has 0 saturated carbocycles. The van der Waals surface area contributed by atoms with E-state index < -0.39 is 25.8 Å². The van der Waals surface area contributed by atoms with E-state index in [4.69, 9.17) is 0 Å². The first-order valence-electron chi connectivity index (χ1n) is 10.0. The van der Waals surface area contributed by atoms with Gasteiger partial charge in [-0.15, -0.1) is 0 Å². The fourth-order valence-corrected chi connectivity index (χ4v) is 4.73. The van der Waals surface area contributed by atoms with E-state index in [0.29, 0.717) is 21.8 Å². The summed E-state index contributed by atoms with van der Waals surface area (Å²) >= 11 is 0. The average molecular weight is 482 g/mol. The molecule has 0 aliphatic heterocycles. The lowest BCUT2D eigenvalue weighted by atomic mass is 10.1. The Balaban J connectivity index is 1.68. The molecule has 4 rings (SSSR count). The van der Waals surface area contributed by atoms with Gasteiger partial charge >= 0.3 is 0 Å². The van der Waals surface area contributed by atoms with Gasteiger partial charge in [0.05, 0.1) is 25.8 Å². The first-order chi connectivity index (χ1) is 16.1. The fraction of sp³-hybridized carbons (Fsp3) is 0.136. The van der Waals surface area contributed by atoms with Crippen molar-refractivity contribution in [3.8, 4) is 0 Å². The van der Waals surface area contributed by atoms with Crippen LogP contribution in [0.4, 0.5) is 11.4 Å². The lowest BCUT2D eigenvalue weighted by Gasteiger charge is -2.09. The maximum Gasteiger partial charge on any atom is 0.270 e. The minimum atomic E-state index is -3.82. The Morgan fingerprint density at radius 2 is 1.38 bits per heavy atom. The van der Waals surface area contributed by atoms with E-state index in [1.165, 1.54) is 53.1 Å². The van der Waals surface area contributed by atoms with Gasteiger partial charge in [-0.05, 0) is 31.2 Å². The Hall–Kier alpha value is -4.16. The van der Waals surface area contributed by atoms with Crippen molar-refractivity contribution in [2.75, 3.05) is 6.54 Å². The Labute approximate surface area is 193 Å². The number of aromatic nitrogens is 1. The Morgan fingerprint density at radius 1 is 0.882 bits per heavy atom. The normalized spacial score (nSPS) is 11.7. The first kappa shape index (κ1) is 23.0. The molecular formula is C22H18N4O7S. The summed E-state index contributed by atoms with van der Waals surface area (Å²) < 4.78 is 28.6. The molecule has 0 atom stereocenters. The zero-order chi connectivity index (χ0) is 24.6. The van der Waals surface area contributed by atoms with Gasteiger partial charge in [0, 0.05) is 48.0 Å². The highest BCUT2D eigenvalue weighted by Crippen LogP contribution is 2.34. The van der Waals surface area contributed by atoms with Crippen LogP contribution in [-0.2, 0) is 10.0 Å². The second-order valence-corrected chi connectivity index (χ2v) is 9.37. The maximum absolute atomic E-state index is 13.1. The molecule has 0 unspecified atom stereocenters. The van der Waals surface area contributed by atoms with Crippen molar-refractivity contribution in [2.45, 2.75) is 18.2 Å². The number of sulfonamides is 1.